The maximum absolute atomic E-state index is 13.2. The van der Waals surface area contributed by atoms with Gasteiger partial charge in [-0.15, -0.1) is 0 Å². The van der Waals surface area contributed by atoms with E-state index in [4.69, 9.17) is 16.3 Å². The van der Waals surface area contributed by atoms with Gasteiger partial charge in [0.05, 0.1) is 17.7 Å². The highest BCUT2D eigenvalue weighted by Crippen LogP contribution is 2.26. The van der Waals surface area contributed by atoms with Gasteiger partial charge in [0.15, 0.2) is 0 Å². The van der Waals surface area contributed by atoms with Crippen molar-refractivity contribution >= 4 is 11.6 Å². The van der Waals surface area contributed by atoms with Crippen molar-refractivity contribution in [3.05, 3.63) is 61.6 Å². The van der Waals surface area contributed by atoms with Crippen molar-refractivity contribution in [2.45, 2.75) is 26.5 Å². The number of nitrogens with zero attached hydrogens (tertiary/aromatic N) is 1. The van der Waals surface area contributed by atoms with E-state index in [1.165, 1.54) is 0 Å². The van der Waals surface area contributed by atoms with Crippen molar-refractivity contribution in [1.29, 1.82) is 0 Å². The number of benzene rings is 1. The van der Waals surface area contributed by atoms with Gasteiger partial charge in [-0.25, -0.2) is 4.79 Å². The maximum Gasteiger partial charge on any atom is 0.328 e. The summed E-state index contributed by atoms with van der Waals surface area (Å²) >= 11 is 6.08. The van der Waals surface area contributed by atoms with E-state index in [2.05, 4.69) is 4.98 Å². The number of halogens is 2. The van der Waals surface area contributed by atoms with Gasteiger partial charge < -0.3 is 9.72 Å². The topological polar surface area (TPSA) is 64.1 Å². The number of ether oxygens (including phenoxy) is 1. The Morgan fingerprint density at radius 2 is 2.10 bits per heavy atom. The van der Waals surface area contributed by atoms with E-state index in [-0.39, 0.29) is 12.6 Å². The molecular weight excluding hydrogens is 299 g/mol. The summed E-state index contributed by atoms with van der Waals surface area (Å²) < 4.78 is 19.5. The van der Waals surface area contributed by atoms with Gasteiger partial charge >= 0.3 is 5.69 Å². The predicted molar refractivity (Wildman–Crippen MR) is 77.6 cm³/mol. The second-order valence-corrected chi connectivity index (χ2v) is 5.17. The summed E-state index contributed by atoms with van der Waals surface area (Å²) in [6.07, 6.45) is 0.718. The van der Waals surface area contributed by atoms with Gasteiger partial charge in [0.1, 0.15) is 5.75 Å². The molecule has 0 amide bonds. The third-order valence-corrected chi connectivity index (χ3v) is 3.01. The third-order valence-electron chi connectivity index (χ3n) is 2.72. The van der Waals surface area contributed by atoms with E-state index in [1.807, 2.05) is 13.8 Å². The molecule has 1 aromatic carbocycles. The average molecular weight is 313 g/mol. The summed E-state index contributed by atoms with van der Waals surface area (Å²) in [5.41, 5.74) is -1.06. The zero-order chi connectivity index (χ0) is 15.6. The molecule has 0 aliphatic rings. The molecule has 0 radical (unpaired) electrons. The Bertz CT molecular complexity index is 768. The van der Waals surface area contributed by atoms with Crippen molar-refractivity contribution in [3.63, 3.8) is 0 Å². The molecule has 21 heavy (non-hydrogen) atoms. The minimum absolute atomic E-state index is 0.0259. The Kier molecular flexibility index (Phi) is 4.47. The second-order valence-electron chi connectivity index (χ2n) is 4.76. The lowest BCUT2D eigenvalue weighted by Crippen LogP contribution is -2.36. The molecule has 0 aliphatic carbocycles. The average Bonchev–Trinajstić information content (AvgIpc) is 2.42. The molecule has 112 valence electrons. The standard InChI is InChI=1S/C14H14ClFN2O3/c1-8(2)21-12-4-3-9(5-10(12)15)7-18-13(19)11(16)6-17-14(18)20/h3-6,8H,7H2,1-2H3,(H,17,20). The molecule has 2 aromatic rings. The van der Waals surface area contributed by atoms with Gasteiger partial charge in [-0.2, -0.15) is 4.39 Å². The first kappa shape index (κ1) is 15.3. The van der Waals surface area contributed by atoms with Crippen LogP contribution >= 0.6 is 11.6 Å². The minimum Gasteiger partial charge on any atom is -0.489 e. The molecule has 0 fully saturated rings. The summed E-state index contributed by atoms with van der Waals surface area (Å²) in [7, 11) is 0. The monoisotopic (exact) mass is 312 g/mol. The summed E-state index contributed by atoms with van der Waals surface area (Å²) in [4.78, 5) is 25.3. The van der Waals surface area contributed by atoms with Crippen molar-refractivity contribution in [2.24, 2.45) is 0 Å². The van der Waals surface area contributed by atoms with E-state index in [9.17, 15) is 14.0 Å². The zero-order valence-corrected chi connectivity index (χ0v) is 12.3. The van der Waals surface area contributed by atoms with Gasteiger partial charge in [-0.05, 0) is 31.5 Å². The van der Waals surface area contributed by atoms with E-state index in [0.29, 0.717) is 16.3 Å². The molecule has 1 N–H and O–H groups in total. The number of hydrogen-bond acceptors (Lipinski definition) is 3. The van der Waals surface area contributed by atoms with Crippen LogP contribution in [0.4, 0.5) is 4.39 Å². The van der Waals surface area contributed by atoms with E-state index in [1.54, 1.807) is 18.2 Å². The van der Waals surface area contributed by atoms with Crippen LogP contribution in [-0.2, 0) is 6.54 Å². The van der Waals surface area contributed by atoms with E-state index < -0.39 is 17.1 Å². The van der Waals surface area contributed by atoms with Gasteiger partial charge in [-0.1, -0.05) is 17.7 Å². The zero-order valence-electron chi connectivity index (χ0n) is 11.5. The van der Waals surface area contributed by atoms with Crippen LogP contribution in [0.25, 0.3) is 0 Å². The van der Waals surface area contributed by atoms with Crippen LogP contribution < -0.4 is 16.0 Å². The van der Waals surface area contributed by atoms with Crippen molar-refractivity contribution in [3.8, 4) is 5.75 Å². The third kappa shape index (κ3) is 3.52. The van der Waals surface area contributed by atoms with Gasteiger partial charge in [-0.3, -0.25) is 9.36 Å². The normalized spacial score (nSPS) is 10.9. The largest absolute Gasteiger partial charge is 0.489 e. The Morgan fingerprint density at radius 3 is 2.71 bits per heavy atom. The smallest absolute Gasteiger partial charge is 0.328 e. The molecule has 7 heteroatoms. The molecule has 0 aliphatic heterocycles. The SMILES string of the molecule is CC(C)Oc1ccc(Cn2c(=O)[nH]cc(F)c2=O)cc1Cl. The molecule has 1 aromatic heterocycles. The lowest BCUT2D eigenvalue weighted by Gasteiger charge is -2.12. The molecule has 0 saturated carbocycles. The summed E-state index contributed by atoms with van der Waals surface area (Å²) in [5, 5.41) is 0.363. The lowest BCUT2D eigenvalue weighted by molar-refractivity contribution is 0.242. The molecule has 0 spiro atoms. The second kappa shape index (κ2) is 6.13. The number of aromatic nitrogens is 2. The minimum atomic E-state index is -1.01. The summed E-state index contributed by atoms with van der Waals surface area (Å²) in [5.74, 6) is -0.503. The Hall–Kier alpha value is -2.08. The van der Waals surface area contributed by atoms with Gasteiger partial charge in [0.25, 0.3) is 5.56 Å². The van der Waals surface area contributed by atoms with Crippen LogP contribution in [0.3, 0.4) is 0 Å². The van der Waals surface area contributed by atoms with Crippen LogP contribution in [0.2, 0.25) is 5.02 Å². The number of H-pyrrole nitrogens is 1. The summed E-state index contributed by atoms with van der Waals surface area (Å²) in [6, 6.07) is 4.90. The van der Waals surface area contributed by atoms with Gasteiger partial charge in [0.2, 0.25) is 5.82 Å². The fourth-order valence-electron chi connectivity index (χ4n) is 1.80. The quantitative estimate of drug-likeness (QED) is 0.941. The first-order valence-corrected chi connectivity index (χ1v) is 6.69. The van der Waals surface area contributed by atoms with E-state index in [0.717, 1.165) is 10.8 Å². The van der Waals surface area contributed by atoms with Crippen molar-refractivity contribution < 1.29 is 9.13 Å². The highest BCUT2D eigenvalue weighted by Gasteiger charge is 2.10. The lowest BCUT2D eigenvalue weighted by atomic mass is 10.2. The molecule has 5 nitrogen and oxygen atoms in total. The Balaban J connectivity index is 2.33. The Labute approximate surface area is 125 Å². The van der Waals surface area contributed by atoms with Gasteiger partial charge in [0, 0.05) is 6.20 Å². The number of rotatable bonds is 4. The van der Waals surface area contributed by atoms with Crippen molar-refractivity contribution in [2.75, 3.05) is 0 Å². The number of nitrogens with one attached hydrogen (secondary N) is 1. The van der Waals surface area contributed by atoms with Crippen LogP contribution in [0.15, 0.2) is 34.0 Å². The predicted octanol–water partition coefficient (Wildman–Crippen LogP) is 2.16. The molecule has 0 unspecified atom stereocenters. The fraction of sp³-hybridized carbons (Fsp3) is 0.286. The molecule has 0 atom stereocenters. The fourth-order valence-corrected chi connectivity index (χ4v) is 2.05. The molecule has 0 saturated heterocycles. The van der Waals surface area contributed by atoms with Crippen LogP contribution in [0.5, 0.6) is 5.75 Å². The summed E-state index contributed by atoms with van der Waals surface area (Å²) in [6.45, 7) is 3.67. The first-order chi connectivity index (χ1) is 9.88. The van der Waals surface area contributed by atoms with Crippen LogP contribution in [-0.4, -0.2) is 15.7 Å². The molecule has 2 rings (SSSR count). The maximum atomic E-state index is 13.2. The number of aromatic amines is 1. The molecule has 1 heterocycles. The van der Waals surface area contributed by atoms with Crippen LogP contribution in [0.1, 0.15) is 19.4 Å². The molecular formula is C14H14ClFN2O3. The molecule has 0 bridgehead atoms. The van der Waals surface area contributed by atoms with Crippen molar-refractivity contribution in [1.82, 2.24) is 9.55 Å². The van der Waals surface area contributed by atoms with Crippen LogP contribution in [0, 0.1) is 5.82 Å². The van der Waals surface area contributed by atoms with E-state index >= 15 is 0 Å². The number of hydrogen-bond donors (Lipinski definition) is 1. The highest BCUT2D eigenvalue weighted by atomic mass is 35.5. The highest BCUT2D eigenvalue weighted by molar-refractivity contribution is 6.32. The Morgan fingerprint density at radius 1 is 1.38 bits per heavy atom. The first-order valence-electron chi connectivity index (χ1n) is 6.31.